The van der Waals surface area contributed by atoms with Crippen LogP contribution in [0.2, 0.25) is 0 Å². The van der Waals surface area contributed by atoms with E-state index in [0.29, 0.717) is 26.2 Å². The van der Waals surface area contributed by atoms with Gasteiger partial charge in [-0.15, -0.1) is 0 Å². The fraction of sp³-hybridized carbons (Fsp3) is 0.450. The van der Waals surface area contributed by atoms with Crippen molar-refractivity contribution in [1.82, 2.24) is 20.2 Å². The summed E-state index contributed by atoms with van der Waals surface area (Å²) in [5.41, 5.74) is 1.19. The fourth-order valence-electron chi connectivity index (χ4n) is 3.19. The van der Waals surface area contributed by atoms with Crippen molar-refractivity contribution in [2.75, 3.05) is 44.2 Å². The number of nitrogens with one attached hydrogen (secondary N) is 1. The summed E-state index contributed by atoms with van der Waals surface area (Å²) in [5.74, 6) is 1.80. The van der Waals surface area contributed by atoms with Gasteiger partial charge >= 0.3 is 6.03 Å². The molecule has 1 aliphatic rings. The van der Waals surface area contributed by atoms with E-state index >= 15 is 0 Å². The molecule has 0 saturated carbocycles. The van der Waals surface area contributed by atoms with Crippen LogP contribution in [-0.4, -0.2) is 60.2 Å². The molecule has 1 aromatic heterocycles. The number of amides is 2. The van der Waals surface area contributed by atoms with Crippen molar-refractivity contribution in [2.45, 2.75) is 19.8 Å². The van der Waals surface area contributed by atoms with Gasteiger partial charge in [-0.25, -0.2) is 9.78 Å². The second kappa shape index (κ2) is 9.75. The zero-order valence-electron chi connectivity index (χ0n) is 15.8. The van der Waals surface area contributed by atoms with Gasteiger partial charge in [0, 0.05) is 45.1 Å². The molecule has 144 valence electrons. The fourth-order valence-corrected chi connectivity index (χ4v) is 3.19. The third-order valence-corrected chi connectivity index (χ3v) is 4.61. The number of anilines is 1. The van der Waals surface area contributed by atoms with E-state index in [0.717, 1.165) is 37.5 Å². The van der Waals surface area contributed by atoms with Gasteiger partial charge in [-0.05, 0) is 31.4 Å². The molecule has 2 amide bonds. The minimum absolute atomic E-state index is 0.00638. The van der Waals surface area contributed by atoms with Gasteiger partial charge in [0.2, 0.25) is 0 Å². The molecular weight excluding hydrogens is 342 g/mol. The monoisotopic (exact) mass is 369 g/mol. The topological polar surface area (TPSA) is 70.6 Å². The summed E-state index contributed by atoms with van der Waals surface area (Å²) in [7, 11) is 0. The van der Waals surface area contributed by atoms with Gasteiger partial charge in [-0.1, -0.05) is 18.2 Å². The molecule has 0 aliphatic carbocycles. The Morgan fingerprint density at radius 2 is 2.00 bits per heavy atom. The van der Waals surface area contributed by atoms with Crippen molar-refractivity contribution in [1.29, 1.82) is 0 Å². The van der Waals surface area contributed by atoms with E-state index in [1.807, 2.05) is 30.0 Å². The lowest BCUT2D eigenvalue weighted by Crippen LogP contribution is -2.52. The maximum absolute atomic E-state index is 12.4. The Balaban J connectivity index is 1.38. The molecule has 0 atom stereocenters. The molecule has 1 aliphatic heterocycles. The lowest BCUT2D eigenvalue weighted by molar-refractivity contribution is 0.194. The van der Waals surface area contributed by atoms with Crippen LogP contribution in [0.15, 0.2) is 42.9 Å². The number of piperazine rings is 1. The number of ether oxygens (including phenoxy) is 1. The van der Waals surface area contributed by atoms with Crippen LogP contribution in [0, 0.1) is 0 Å². The van der Waals surface area contributed by atoms with Gasteiger partial charge in [0.25, 0.3) is 0 Å². The maximum atomic E-state index is 12.4. The highest BCUT2D eigenvalue weighted by Gasteiger charge is 2.21. The van der Waals surface area contributed by atoms with Gasteiger partial charge in [0.05, 0.1) is 12.8 Å². The average Bonchev–Trinajstić information content (AvgIpc) is 2.73. The van der Waals surface area contributed by atoms with E-state index in [9.17, 15) is 4.79 Å². The van der Waals surface area contributed by atoms with Crippen LogP contribution in [0.5, 0.6) is 5.75 Å². The predicted octanol–water partition coefficient (Wildman–Crippen LogP) is 2.34. The van der Waals surface area contributed by atoms with E-state index in [2.05, 4.69) is 26.3 Å². The van der Waals surface area contributed by atoms with Crippen LogP contribution in [0.3, 0.4) is 0 Å². The molecule has 0 radical (unpaired) electrons. The number of aryl methyl sites for hydroxylation is 1. The molecule has 0 unspecified atom stereocenters. The number of rotatable bonds is 7. The molecule has 1 fully saturated rings. The number of nitrogens with zero attached hydrogens (tertiary/aromatic N) is 4. The van der Waals surface area contributed by atoms with Crippen molar-refractivity contribution in [3.63, 3.8) is 0 Å². The van der Waals surface area contributed by atoms with Crippen LogP contribution in [0.25, 0.3) is 0 Å². The molecule has 2 aromatic rings. The van der Waals surface area contributed by atoms with Crippen LogP contribution < -0.4 is 15.0 Å². The van der Waals surface area contributed by atoms with Crippen LogP contribution in [0.1, 0.15) is 18.9 Å². The Labute approximate surface area is 160 Å². The zero-order valence-corrected chi connectivity index (χ0v) is 15.8. The number of hydrogen-bond acceptors (Lipinski definition) is 5. The smallest absolute Gasteiger partial charge is 0.317 e. The minimum atomic E-state index is 0.00638. The lowest BCUT2D eigenvalue weighted by atomic mass is 10.1. The van der Waals surface area contributed by atoms with Gasteiger partial charge in [-0.3, -0.25) is 4.98 Å². The summed E-state index contributed by atoms with van der Waals surface area (Å²) in [6.45, 7) is 6.23. The number of aromatic nitrogens is 2. The number of carbonyl (C=O) groups is 1. The van der Waals surface area contributed by atoms with Crippen molar-refractivity contribution < 1.29 is 9.53 Å². The van der Waals surface area contributed by atoms with Crippen molar-refractivity contribution in [3.05, 3.63) is 48.4 Å². The van der Waals surface area contributed by atoms with Crippen LogP contribution in [-0.2, 0) is 6.42 Å². The first-order chi connectivity index (χ1) is 13.3. The highest BCUT2D eigenvalue weighted by Crippen LogP contribution is 2.19. The van der Waals surface area contributed by atoms with Crippen molar-refractivity contribution in [2.24, 2.45) is 0 Å². The number of urea groups is 1. The zero-order chi connectivity index (χ0) is 18.9. The maximum Gasteiger partial charge on any atom is 0.317 e. The van der Waals surface area contributed by atoms with E-state index in [1.165, 1.54) is 5.56 Å². The first kappa shape index (κ1) is 18.9. The van der Waals surface area contributed by atoms with Gasteiger partial charge in [0.1, 0.15) is 11.6 Å². The first-order valence-corrected chi connectivity index (χ1v) is 9.52. The number of para-hydroxylation sites is 1. The molecule has 1 saturated heterocycles. The van der Waals surface area contributed by atoms with E-state index in [1.54, 1.807) is 18.6 Å². The van der Waals surface area contributed by atoms with Gasteiger partial charge < -0.3 is 19.9 Å². The first-order valence-electron chi connectivity index (χ1n) is 9.52. The molecule has 0 spiro atoms. The number of carbonyl (C=O) groups excluding carboxylic acids is 1. The van der Waals surface area contributed by atoms with E-state index in [-0.39, 0.29) is 6.03 Å². The Hall–Kier alpha value is -2.83. The molecule has 1 aromatic carbocycles. The molecule has 3 rings (SSSR count). The number of hydrogen-bond donors (Lipinski definition) is 1. The summed E-state index contributed by atoms with van der Waals surface area (Å²) < 4.78 is 5.65. The molecule has 7 heteroatoms. The molecule has 7 nitrogen and oxygen atoms in total. The minimum Gasteiger partial charge on any atom is -0.494 e. The molecule has 1 N–H and O–H groups in total. The average molecular weight is 369 g/mol. The molecule has 2 heterocycles. The Morgan fingerprint density at radius 3 is 2.74 bits per heavy atom. The second-order valence-corrected chi connectivity index (χ2v) is 6.41. The summed E-state index contributed by atoms with van der Waals surface area (Å²) in [4.78, 5) is 24.8. The standard InChI is InChI=1S/C20H27N5O2/c1-2-27-18-8-4-3-6-17(18)7-5-9-23-20(26)25-14-12-24(13-15-25)19-16-21-10-11-22-19/h3-4,6,8,10-11,16H,2,5,7,9,12-15H2,1H3,(H,23,26). The molecular formula is C20H27N5O2. The van der Waals surface area contributed by atoms with Crippen molar-refractivity contribution >= 4 is 11.8 Å². The van der Waals surface area contributed by atoms with E-state index in [4.69, 9.17) is 4.74 Å². The van der Waals surface area contributed by atoms with Gasteiger partial charge in [0.15, 0.2) is 0 Å². The highest BCUT2D eigenvalue weighted by molar-refractivity contribution is 5.74. The third kappa shape index (κ3) is 5.32. The largest absolute Gasteiger partial charge is 0.494 e. The summed E-state index contributed by atoms with van der Waals surface area (Å²) in [5, 5.41) is 3.03. The van der Waals surface area contributed by atoms with Crippen molar-refractivity contribution in [3.8, 4) is 5.75 Å². The Bertz CT molecular complexity index is 717. The quantitative estimate of drug-likeness (QED) is 0.759. The Kier molecular flexibility index (Phi) is 6.84. The third-order valence-electron chi connectivity index (χ3n) is 4.61. The second-order valence-electron chi connectivity index (χ2n) is 6.41. The number of benzene rings is 1. The summed E-state index contributed by atoms with van der Waals surface area (Å²) in [6.07, 6.45) is 6.89. The summed E-state index contributed by atoms with van der Waals surface area (Å²) >= 11 is 0. The van der Waals surface area contributed by atoms with E-state index < -0.39 is 0 Å². The van der Waals surface area contributed by atoms with Crippen LogP contribution in [0.4, 0.5) is 10.6 Å². The SMILES string of the molecule is CCOc1ccccc1CCCNC(=O)N1CCN(c2cnccn2)CC1. The highest BCUT2D eigenvalue weighted by atomic mass is 16.5. The predicted molar refractivity (Wildman–Crippen MR) is 105 cm³/mol. The van der Waals surface area contributed by atoms with Crippen LogP contribution >= 0.6 is 0 Å². The Morgan fingerprint density at radius 1 is 1.19 bits per heavy atom. The van der Waals surface area contributed by atoms with Gasteiger partial charge in [-0.2, -0.15) is 0 Å². The summed E-state index contributed by atoms with van der Waals surface area (Å²) in [6, 6.07) is 8.09. The normalized spacial score (nSPS) is 14.1. The molecule has 27 heavy (non-hydrogen) atoms. The molecule has 0 bridgehead atoms. The lowest BCUT2D eigenvalue weighted by Gasteiger charge is -2.35.